The van der Waals surface area contributed by atoms with Crippen LogP contribution >= 0.6 is 0 Å². The maximum absolute atomic E-state index is 8.67. The van der Waals surface area contributed by atoms with Gasteiger partial charge in [-0.2, -0.15) is 5.26 Å². The number of nitriles is 1. The van der Waals surface area contributed by atoms with Gasteiger partial charge in [-0.15, -0.1) is 0 Å². The maximum atomic E-state index is 8.67. The van der Waals surface area contributed by atoms with Gasteiger partial charge in [0.25, 0.3) is 0 Å². The fourth-order valence-electron chi connectivity index (χ4n) is 1.38. The van der Waals surface area contributed by atoms with E-state index in [2.05, 4.69) is 31.8 Å². The molecule has 0 saturated carbocycles. The average Bonchev–Trinajstić information content (AvgIpc) is 2.16. The van der Waals surface area contributed by atoms with Crippen LogP contribution in [0.4, 0.5) is 0 Å². The minimum absolute atomic E-state index is 0.482. The summed E-state index contributed by atoms with van der Waals surface area (Å²) < 4.78 is 0. The Morgan fingerprint density at radius 2 is 2.15 bits per heavy atom. The van der Waals surface area contributed by atoms with Gasteiger partial charge in [-0.25, -0.2) is 4.98 Å². The van der Waals surface area contributed by atoms with E-state index in [1.807, 2.05) is 6.07 Å². The van der Waals surface area contributed by atoms with E-state index in [9.17, 15) is 0 Å². The molecule has 1 heterocycles. The second kappa shape index (κ2) is 4.04. The summed E-state index contributed by atoms with van der Waals surface area (Å²) in [5, 5.41) is 8.67. The Balaban J connectivity index is 3.17. The van der Waals surface area contributed by atoms with Crippen LogP contribution in [0.3, 0.4) is 0 Å². The van der Waals surface area contributed by atoms with Crippen molar-refractivity contribution in [3.8, 4) is 6.07 Å². The summed E-state index contributed by atoms with van der Waals surface area (Å²) in [5.74, 6) is 0.482. The molecule has 0 fully saturated rings. The molecule has 68 valence electrons. The highest BCUT2D eigenvalue weighted by molar-refractivity contribution is 5.30. The molecule has 0 unspecified atom stereocenters. The van der Waals surface area contributed by atoms with Crippen LogP contribution in [-0.4, -0.2) is 4.98 Å². The van der Waals surface area contributed by atoms with Crippen LogP contribution in [0.15, 0.2) is 12.1 Å². The third kappa shape index (κ3) is 2.06. The Morgan fingerprint density at radius 1 is 1.46 bits per heavy atom. The number of rotatable bonds is 2. The molecule has 0 aliphatic rings. The Hall–Kier alpha value is -1.36. The standard InChI is InChI=1S/C11H14N2/c1-4-11-10(8(2)3)6-5-9(7-12)13-11/h5-6,8H,4H2,1-3H3. The largest absolute Gasteiger partial charge is 0.242 e. The molecular formula is C11H14N2. The SMILES string of the molecule is CCc1nc(C#N)ccc1C(C)C. The van der Waals surface area contributed by atoms with E-state index < -0.39 is 0 Å². The first kappa shape index (κ1) is 9.73. The lowest BCUT2D eigenvalue weighted by Gasteiger charge is -2.09. The molecule has 0 N–H and O–H groups in total. The summed E-state index contributed by atoms with van der Waals surface area (Å²) >= 11 is 0. The molecule has 2 nitrogen and oxygen atoms in total. The van der Waals surface area contributed by atoms with Crippen LogP contribution in [0.25, 0.3) is 0 Å². The van der Waals surface area contributed by atoms with Crippen LogP contribution in [-0.2, 0) is 6.42 Å². The van der Waals surface area contributed by atoms with E-state index in [0.717, 1.165) is 12.1 Å². The second-order valence-corrected chi connectivity index (χ2v) is 3.35. The fourth-order valence-corrected chi connectivity index (χ4v) is 1.38. The first-order valence-electron chi connectivity index (χ1n) is 4.59. The molecule has 1 aromatic heterocycles. The average molecular weight is 174 g/mol. The number of aromatic nitrogens is 1. The number of aryl methyl sites for hydroxylation is 1. The molecule has 0 radical (unpaired) electrons. The van der Waals surface area contributed by atoms with Crippen molar-refractivity contribution in [3.63, 3.8) is 0 Å². The summed E-state index contributed by atoms with van der Waals surface area (Å²) in [4.78, 5) is 4.27. The lowest BCUT2D eigenvalue weighted by Crippen LogP contribution is -1.99. The predicted octanol–water partition coefficient (Wildman–Crippen LogP) is 2.64. The molecule has 13 heavy (non-hydrogen) atoms. The van der Waals surface area contributed by atoms with Gasteiger partial charge in [0.2, 0.25) is 0 Å². The number of hydrogen-bond acceptors (Lipinski definition) is 2. The first-order chi connectivity index (χ1) is 6.19. The van der Waals surface area contributed by atoms with Crippen molar-refractivity contribution in [2.24, 2.45) is 0 Å². The van der Waals surface area contributed by atoms with Crippen LogP contribution in [0, 0.1) is 11.3 Å². The Bertz CT molecular complexity index is 334. The quantitative estimate of drug-likeness (QED) is 0.691. The Morgan fingerprint density at radius 3 is 2.62 bits per heavy atom. The van der Waals surface area contributed by atoms with Gasteiger partial charge in [0, 0.05) is 5.69 Å². The van der Waals surface area contributed by atoms with E-state index >= 15 is 0 Å². The Kier molecular flexibility index (Phi) is 3.02. The normalized spacial score (nSPS) is 10.1. The van der Waals surface area contributed by atoms with Crippen LogP contribution in [0.5, 0.6) is 0 Å². The van der Waals surface area contributed by atoms with Gasteiger partial charge in [-0.05, 0) is 24.0 Å². The van der Waals surface area contributed by atoms with Crippen LogP contribution in [0.2, 0.25) is 0 Å². The highest BCUT2D eigenvalue weighted by Crippen LogP contribution is 2.18. The van der Waals surface area contributed by atoms with E-state index in [4.69, 9.17) is 5.26 Å². The molecule has 0 amide bonds. The van der Waals surface area contributed by atoms with Crippen molar-refractivity contribution >= 4 is 0 Å². The molecule has 0 aromatic carbocycles. The zero-order chi connectivity index (χ0) is 9.84. The van der Waals surface area contributed by atoms with E-state index in [1.165, 1.54) is 5.56 Å². The van der Waals surface area contributed by atoms with E-state index in [1.54, 1.807) is 6.07 Å². The lowest BCUT2D eigenvalue weighted by molar-refractivity contribution is 0.822. The van der Waals surface area contributed by atoms with E-state index in [0.29, 0.717) is 11.6 Å². The second-order valence-electron chi connectivity index (χ2n) is 3.35. The smallest absolute Gasteiger partial charge is 0.140 e. The Labute approximate surface area is 79.2 Å². The highest BCUT2D eigenvalue weighted by atomic mass is 14.7. The van der Waals surface area contributed by atoms with Crippen molar-refractivity contribution < 1.29 is 0 Å². The minimum atomic E-state index is 0.482. The molecule has 2 heteroatoms. The summed E-state index contributed by atoms with van der Waals surface area (Å²) in [6, 6.07) is 5.85. The van der Waals surface area contributed by atoms with Gasteiger partial charge in [-0.3, -0.25) is 0 Å². The van der Waals surface area contributed by atoms with Gasteiger partial charge in [-0.1, -0.05) is 26.8 Å². The predicted molar refractivity (Wildman–Crippen MR) is 52.4 cm³/mol. The maximum Gasteiger partial charge on any atom is 0.140 e. The van der Waals surface area contributed by atoms with Crippen LogP contribution < -0.4 is 0 Å². The molecule has 0 spiro atoms. The van der Waals surface area contributed by atoms with Gasteiger partial charge in [0.05, 0.1) is 0 Å². The van der Waals surface area contributed by atoms with Gasteiger partial charge in [0.1, 0.15) is 11.8 Å². The monoisotopic (exact) mass is 174 g/mol. The lowest BCUT2D eigenvalue weighted by atomic mass is 10.00. The van der Waals surface area contributed by atoms with Crippen LogP contribution in [0.1, 0.15) is 43.6 Å². The summed E-state index contributed by atoms with van der Waals surface area (Å²) in [5.41, 5.74) is 2.82. The summed E-state index contributed by atoms with van der Waals surface area (Å²) in [7, 11) is 0. The third-order valence-corrected chi connectivity index (χ3v) is 2.08. The minimum Gasteiger partial charge on any atom is -0.242 e. The molecule has 0 saturated heterocycles. The number of hydrogen-bond donors (Lipinski definition) is 0. The van der Waals surface area contributed by atoms with Crippen molar-refractivity contribution in [2.75, 3.05) is 0 Å². The van der Waals surface area contributed by atoms with Gasteiger partial charge < -0.3 is 0 Å². The highest BCUT2D eigenvalue weighted by Gasteiger charge is 2.06. The molecule has 0 atom stereocenters. The van der Waals surface area contributed by atoms with E-state index in [-0.39, 0.29) is 0 Å². The third-order valence-electron chi connectivity index (χ3n) is 2.08. The molecule has 0 aliphatic carbocycles. The fraction of sp³-hybridized carbons (Fsp3) is 0.455. The number of pyridine rings is 1. The van der Waals surface area contributed by atoms with Crippen molar-refractivity contribution in [1.29, 1.82) is 5.26 Å². The molecule has 0 aliphatic heterocycles. The van der Waals surface area contributed by atoms with Gasteiger partial charge in [0.15, 0.2) is 0 Å². The first-order valence-corrected chi connectivity index (χ1v) is 4.59. The topological polar surface area (TPSA) is 36.7 Å². The summed E-state index contributed by atoms with van der Waals surface area (Å²) in [6.45, 7) is 6.35. The molecular weight excluding hydrogens is 160 g/mol. The van der Waals surface area contributed by atoms with Crippen molar-refractivity contribution in [1.82, 2.24) is 4.98 Å². The molecule has 1 aromatic rings. The molecule has 1 rings (SSSR count). The zero-order valence-electron chi connectivity index (χ0n) is 8.33. The van der Waals surface area contributed by atoms with Gasteiger partial charge >= 0.3 is 0 Å². The zero-order valence-corrected chi connectivity index (χ0v) is 8.33. The number of nitrogens with zero attached hydrogens (tertiary/aromatic N) is 2. The summed E-state index contributed by atoms with van der Waals surface area (Å²) in [6.07, 6.45) is 0.892. The molecule has 0 bridgehead atoms. The van der Waals surface area contributed by atoms with Crippen molar-refractivity contribution in [2.45, 2.75) is 33.1 Å². The van der Waals surface area contributed by atoms with Crippen molar-refractivity contribution in [3.05, 3.63) is 29.1 Å².